The lowest BCUT2D eigenvalue weighted by Crippen LogP contribution is -1.98. The second-order valence-electron chi connectivity index (χ2n) is 3.74. The van der Waals surface area contributed by atoms with Crippen LogP contribution in [0.2, 0.25) is 0 Å². The lowest BCUT2D eigenvalue weighted by molar-refractivity contribution is 0.124. The maximum Gasteiger partial charge on any atom is 0.118 e. The molecule has 0 radical (unpaired) electrons. The lowest BCUT2D eigenvalue weighted by atomic mass is 10.0. The normalized spacial score (nSPS) is 10.2. The minimum absolute atomic E-state index is 0.433. The minimum Gasteiger partial charge on any atom is -0.497 e. The fraction of sp³-hybridized carbons (Fsp3) is 0.143. The second kappa shape index (κ2) is 5.48. The van der Waals surface area contributed by atoms with Gasteiger partial charge in [-0.1, -0.05) is 36.4 Å². The molecule has 2 aromatic carbocycles. The Labute approximate surface area is 101 Å². The summed E-state index contributed by atoms with van der Waals surface area (Å²) in [6.07, 6.45) is 0. The summed E-state index contributed by atoms with van der Waals surface area (Å²) >= 11 is 0. The highest BCUT2D eigenvalue weighted by molar-refractivity contribution is 5.64. The third-order valence-electron chi connectivity index (χ3n) is 2.63. The van der Waals surface area contributed by atoms with Gasteiger partial charge in [0, 0.05) is 0 Å². The number of ether oxygens (including phenoxy) is 1. The Bertz CT molecular complexity index is 463. The molecule has 0 unspecified atom stereocenters. The molecule has 0 saturated carbocycles. The van der Waals surface area contributed by atoms with Crippen molar-refractivity contribution < 1.29 is 9.57 Å². The summed E-state index contributed by atoms with van der Waals surface area (Å²) in [4.78, 5) is 4.59. The molecule has 0 heterocycles. The first kappa shape index (κ1) is 11.6. The van der Waals surface area contributed by atoms with E-state index >= 15 is 0 Å². The topological polar surface area (TPSA) is 44.5 Å². The third kappa shape index (κ3) is 2.84. The van der Waals surface area contributed by atoms with Crippen LogP contribution >= 0.6 is 0 Å². The lowest BCUT2D eigenvalue weighted by Gasteiger charge is -2.05. The van der Waals surface area contributed by atoms with E-state index in [0.29, 0.717) is 6.61 Å². The van der Waals surface area contributed by atoms with Crippen molar-refractivity contribution in [2.45, 2.75) is 6.61 Å². The number of nitrogens with two attached hydrogens (primary N) is 1. The molecular weight excluding hydrogens is 214 g/mol. The highest BCUT2D eigenvalue weighted by atomic mass is 16.6. The van der Waals surface area contributed by atoms with Crippen LogP contribution in [0.1, 0.15) is 5.56 Å². The Morgan fingerprint density at radius 2 is 1.41 bits per heavy atom. The zero-order valence-electron chi connectivity index (χ0n) is 9.72. The minimum atomic E-state index is 0.433. The van der Waals surface area contributed by atoms with Gasteiger partial charge in [0.1, 0.15) is 5.75 Å². The smallest absolute Gasteiger partial charge is 0.118 e. The molecule has 0 bridgehead atoms. The van der Waals surface area contributed by atoms with Gasteiger partial charge in [-0.25, -0.2) is 5.90 Å². The van der Waals surface area contributed by atoms with Crippen molar-refractivity contribution in [3.8, 4) is 16.9 Å². The first-order valence-corrected chi connectivity index (χ1v) is 5.38. The summed E-state index contributed by atoms with van der Waals surface area (Å²) in [7, 11) is 1.66. The van der Waals surface area contributed by atoms with Gasteiger partial charge in [0.15, 0.2) is 0 Å². The summed E-state index contributed by atoms with van der Waals surface area (Å²) in [6.45, 7) is 0.433. The zero-order valence-corrected chi connectivity index (χ0v) is 9.72. The van der Waals surface area contributed by atoms with Crippen LogP contribution in [0.3, 0.4) is 0 Å². The van der Waals surface area contributed by atoms with Gasteiger partial charge >= 0.3 is 0 Å². The van der Waals surface area contributed by atoms with E-state index in [-0.39, 0.29) is 0 Å². The van der Waals surface area contributed by atoms with Crippen LogP contribution in [0.25, 0.3) is 11.1 Å². The highest BCUT2D eigenvalue weighted by Gasteiger charge is 1.98. The molecule has 0 aliphatic rings. The number of hydrogen-bond acceptors (Lipinski definition) is 3. The van der Waals surface area contributed by atoms with E-state index in [1.54, 1.807) is 7.11 Å². The predicted molar refractivity (Wildman–Crippen MR) is 67.4 cm³/mol. The van der Waals surface area contributed by atoms with Crippen LogP contribution in [0.15, 0.2) is 48.5 Å². The highest BCUT2D eigenvalue weighted by Crippen LogP contribution is 2.22. The van der Waals surface area contributed by atoms with Gasteiger partial charge < -0.3 is 4.74 Å². The molecule has 0 saturated heterocycles. The van der Waals surface area contributed by atoms with Crippen molar-refractivity contribution in [1.82, 2.24) is 0 Å². The molecule has 3 heteroatoms. The Morgan fingerprint density at radius 3 is 1.88 bits per heavy atom. The monoisotopic (exact) mass is 229 g/mol. The average molecular weight is 229 g/mol. The molecule has 0 fully saturated rings. The molecule has 2 N–H and O–H groups in total. The average Bonchev–Trinajstić information content (AvgIpc) is 2.40. The molecule has 0 amide bonds. The van der Waals surface area contributed by atoms with Gasteiger partial charge in [-0.2, -0.15) is 0 Å². The van der Waals surface area contributed by atoms with Crippen molar-refractivity contribution in [1.29, 1.82) is 0 Å². The summed E-state index contributed by atoms with van der Waals surface area (Å²) in [5.41, 5.74) is 3.38. The van der Waals surface area contributed by atoms with Gasteiger partial charge in [-0.3, -0.25) is 4.84 Å². The fourth-order valence-corrected chi connectivity index (χ4v) is 1.67. The summed E-state index contributed by atoms with van der Waals surface area (Å²) in [5.74, 6) is 5.89. The SMILES string of the molecule is COc1ccc(-c2ccc(CON)cc2)cc1. The van der Waals surface area contributed by atoms with Crippen LogP contribution in [-0.4, -0.2) is 7.11 Å². The van der Waals surface area contributed by atoms with Crippen LogP contribution in [0, 0.1) is 0 Å². The third-order valence-corrected chi connectivity index (χ3v) is 2.63. The summed E-state index contributed by atoms with van der Waals surface area (Å²) < 4.78 is 5.13. The van der Waals surface area contributed by atoms with E-state index in [2.05, 4.69) is 17.0 Å². The van der Waals surface area contributed by atoms with E-state index in [0.717, 1.165) is 22.4 Å². The number of rotatable bonds is 4. The molecule has 0 aliphatic heterocycles. The fourth-order valence-electron chi connectivity index (χ4n) is 1.67. The van der Waals surface area contributed by atoms with E-state index in [9.17, 15) is 0 Å². The second-order valence-corrected chi connectivity index (χ2v) is 3.74. The van der Waals surface area contributed by atoms with Crippen LogP contribution in [0.4, 0.5) is 0 Å². The molecule has 0 aromatic heterocycles. The quantitative estimate of drug-likeness (QED) is 0.820. The van der Waals surface area contributed by atoms with Crippen molar-refractivity contribution >= 4 is 0 Å². The van der Waals surface area contributed by atoms with Gasteiger partial charge in [-0.15, -0.1) is 0 Å². The molecule has 17 heavy (non-hydrogen) atoms. The van der Waals surface area contributed by atoms with Crippen LogP contribution in [0.5, 0.6) is 5.75 Å². The Balaban J connectivity index is 2.20. The Hall–Kier alpha value is -1.84. The molecule has 2 aromatic rings. The Morgan fingerprint density at radius 1 is 0.882 bits per heavy atom. The summed E-state index contributed by atoms with van der Waals surface area (Å²) in [5, 5.41) is 0. The molecule has 3 nitrogen and oxygen atoms in total. The van der Waals surface area contributed by atoms with Crippen LogP contribution < -0.4 is 10.6 Å². The molecule has 0 spiro atoms. The standard InChI is InChI=1S/C14H15NO2/c1-16-14-8-6-13(7-9-14)12-4-2-11(3-5-12)10-17-15/h2-9H,10,15H2,1H3. The van der Waals surface area contributed by atoms with E-state index < -0.39 is 0 Å². The van der Waals surface area contributed by atoms with E-state index in [1.165, 1.54) is 0 Å². The number of hydrogen-bond donors (Lipinski definition) is 1. The molecule has 88 valence electrons. The maximum atomic E-state index is 5.13. The zero-order chi connectivity index (χ0) is 12.1. The molecule has 2 rings (SSSR count). The van der Waals surface area contributed by atoms with Crippen molar-refractivity contribution in [3.05, 3.63) is 54.1 Å². The molecule has 0 atom stereocenters. The van der Waals surface area contributed by atoms with Crippen molar-refractivity contribution in [3.63, 3.8) is 0 Å². The Kier molecular flexibility index (Phi) is 3.75. The number of benzene rings is 2. The van der Waals surface area contributed by atoms with Gasteiger partial charge in [-0.05, 0) is 28.8 Å². The van der Waals surface area contributed by atoms with E-state index in [4.69, 9.17) is 10.6 Å². The first-order chi connectivity index (χ1) is 8.33. The largest absolute Gasteiger partial charge is 0.497 e. The molecular formula is C14H15NO2. The van der Waals surface area contributed by atoms with E-state index in [1.807, 2.05) is 36.4 Å². The van der Waals surface area contributed by atoms with Crippen molar-refractivity contribution in [2.24, 2.45) is 5.90 Å². The molecule has 0 aliphatic carbocycles. The van der Waals surface area contributed by atoms with Gasteiger partial charge in [0.2, 0.25) is 0 Å². The number of methoxy groups -OCH3 is 1. The maximum absolute atomic E-state index is 5.13. The van der Waals surface area contributed by atoms with Crippen LogP contribution in [-0.2, 0) is 11.4 Å². The van der Waals surface area contributed by atoms with Gasteiger partial charge in [0.05, 0.1) is 13.7 Å². The van der Waals surface area contributed by atoms with Gasteiger partial charge in [0.25, 0.3) is 0 Å². The van der Waals surface area contributed by atoms with Crippen molar-refractivity contribution in [2.75, 3.05) is 7.11 Å². The first-order valence-electron chi connectivity index (χ1n) is 5.38. The predicted octanol–water partition coefficient (Wildman–Crippen LogP) is 2.75. The summed E-state index contributed by atoms with van der Waals surface area (Å²) in [6, 6.07) is 16.1.